The van der Waals surface area contributed by atoms with Crippen molar-refractivity contribution in [1.82, 2.24) is 4.72 Å². The normalized spacial score (nSPS) is 13.3. The smallest absolute Gasteiger partial charge is 0.241 e. The van der Waals surface area contributed by atoms with Gasteiger partial charge >= 0.3 is 0 Å². The van der Waals surface area contributed by atoms with Crippen LogP contribution in [-0.4, -0.2) is 20.1 Å². The highest BCUT2D eigenvalue weighted by Crippen LogP contribution is 2.24. The van der Waals surface area contributed by atoms with Crippen LogP contribution in [0, 0.1) is 0 Å². The maximum atomic E-state index is 12.2. The topological polar surface area (TPSA) is 79.5 Å². The van der Waals surface area contributed by atoms with Crippen molar-refractivity contribution in [2.45, 2.75) is 10.9 Å². The zero-order valence-electron chi connectivity index (χ0n) is 10.1. The van der Waals surface area contributed by atoms with E-state index < -0.39 is 22.7 Å². The summed E-state index contributed by atoms with van der Waals surface area (Å²) < 4.78 is 31.8. The van der Waals surface area contributed by atoms with Gasteiger partial charge in [0, 0.05) is 10.0 Å². The van der Waals surface area contributed by atoms with Gasteiger partial charge in [-0.05, 0) is 30.3 Å². The summed E-state index contributed by atoms with van der Waals surface area (Å²) in [4.78, 5) is -0.0833. The molecule has 1 atom stereocenters. The van der Waals surface area contributed by atoms with E-state index in [4.69, 9.17) is 27.6 Å². The molecule has 2 rings (SSSR count). The van der Waals surface area contributed by atoms with Crippen molar-refractivity contribution < 1.29 is 17.9 Å². The van der Waals surface area contributed by atoms with Gasteiger partial charge in [-0.3, -0.25) is 0 Å². The van der Waals surface area contributed by atoms with Gasteiger partial charge in [-0.2, -0.15) is 4.72 Å². The summed E-state index contributed by atoms with van der Waals surface area (Å²) in [6.07, 6.45) is 1.39. The van der Waals surface area contributed by atoms with Crippen molar-refractivity contribution >= 4 is 33.2 Å². The Balaban J connectivity index is 2.30. The molecule has 20 heavy (non-hydrogen) atoms. The van der Waals surface area contributed by atoms with Crippen molar-refractivity contribution in [2.75, 3.05) is 6.61 Å². The maximum Gasteiger partial charge on any atom is 0.241 e. The number of benzene rings is 1. The number of nitrogens with one attached hydrogen (secondary N) is 1. The van der Waals surface area contributed by atoms with Crippen molar-refractivity contribution in [3.8, 4) is 0 Å². The van der Waals surface area contributed by atoms with Gasteiger partial charge in [0.15, 0.2) is 0 Å². The average molecular weight is 336 g/mol. The molecule has 0 radical (unpaired) electrons. The van der Waals surface area contributed by atoms with Crippen LogP contribution in [0.5, 0.6) is 0 Å². The number of rotatable bonds is 5. The van der Waals surface area contributed by atoms with Crippen LogP contribution >= 0.6 is 23.2 Å². The van der Waals surface area contributed by atoms with E-state index in [0.29, 0.717) is 5.76 Å². The van der Waals surface area contributed by atoms with Crippen LogP contribution in [0.3, 0.4) is 0 Å². The Morgan fingerprint density at radius 2 is 1.90 bits per heavy atom. The van der Waals surface area contributed by atoms with Crippen LogP contribution in [0.25, 0.3) is 0 Å². The van der Waals surface area contributed by atoms with Gasteiger partial charge < -0.3 is 9.52 Å². The molecule has 0 bridgehead atoms. The SMILES string of the molecule is O=S(=O)(NC(CO)c1ccco1)c1cc(Cl)cc(Cl)c1. The van der Waals surface area contributed by atoms with Gasteiger partial charge in [-0.25, -0.2) is 8.42 Å². The van der Waals surface area contributed by atoms with Crippen LogP contribution < -0.4 is 4.72 Å². The molecule has 1 aromatic heterocycles. The van der Waals surface area contributed by atoms with Gasteiger partial charge in [0.1, 0.15) is 11.8 Å². The molecule has 0 saturated carbocycles. The molecule has 0 fully saturated rings. The summed E-state index contributed by atoms with van der Waals surface area (Å²) in [6, 6.07) is 6.25. The lowest BCUT2D eigenvalue weighted by molar-refractivity contribution is 0.242. The third-order valence-corrected chi connectivity index (χ3v) is 4.40. The maximum absolute atomic E-state index is 12.2. The number of hydrogen-bond donors (Lipinski definition) is 2. The largest absolute Gasteiger partial charge is 0.468 e. The van der Waals surface area contributed by atoms with E-state index in [2.05, 4.69) is 4.72 Å². The van der Waals surface area contributed by atoms with Crippen LogP contribution in [0.1, 0.15) is 11.8 Å². The summed E-state index contributed by atoms with van der Waals surface area (Å²) in [5.74, 6) is 0.309. The third-order valence-electron chi connectivity index (χ3n) is 2.51. The van der Waals surface area contributed by atoms with Crippen LogP contribution in [0.4, 0.5) is 0 Å². The molecule has 2 N–H and O–H groups in total. The lowest BCUT2D eigenvalue weighted by atomic mass is 10.2. The summed E-state index contributed by atoms with van der Waals surface area (Å²) in [7, 11) is -3.88. The first-order valence-corrected chi connectivity index (χ1v) is 7.79. The number of hydrogen-bond acceptors (Lipinski definition) is 4. The van der Waals surface area contributed by atoms with Gasteiger partial charge in [0.2, 0.25) is 10.0 Å². The molecule has 0 aliphatic carbocycles. The zero-order chi connectivity index (χ0) is 14.8. The minimum Gasteiger partial charge on any atom is -0.468 e. The zero-order valence-corrected chi connectivity index (χ0v) is 12.4. The minimum atomic E-state index is -3.88. The van der Waals surface area contributed by atoms with Crippen LogP contribution in [-0.2, 0) is 10.0 Å². The highest BCUT2D eigenvalue weighted by atomic mass is 35.5. The number of aliphatic hydroxyl groups excluding tert-OH is 1. The van der Waals surface area contributed by atoms with E-state index in [9.17, 15) is 13.5 Å². The second-order valence-electron chi connectivity index (χ2n) is 3.98. The molecular weight excluding hydrogens is 325 g/mol. The van der Waals surface area contributed by atoms with Crippen molar-refractivity contribution in [3.05, 3.63) is 52.4 Å². The Labute approximate surface area is 126 Å². The average Bonchev–Trinajstić information content (AvgIpc) is 2.88. The standard InChI is InChI=1S/C12H11Cl2NO4S/c13-8-4-9(14)6-10(5-8)20(17,18)15-11(7-16)12-2-1-3-19-12/h1-6,11,15-16H,7H2. The Morgan fingerprint density at radius 1 is 1.25 bits per heavy atom. The molecule has 0 amide bonds. The van der Waals surface area contributed by atoms with E-state index in [-0.39, 0.29) is 14.9 Å². The summed E-state index contributed by atoms with van der Waals surface area (Å²) in [5, 5.41) is 9.69. The molecule has 1 heterocycles. The molecule has 1 aromatic carbocycles. The van der Waals surface area contributed by atoms with Crippen LogP contribution in [0.2, 0.25) is 10.0 Å². The summed E-state index contributed by atoms with van der Waals surface area (Å²) >= 11 is 11.6. The monoisotopic (exact) mass is 335 g/mol. The van der Waals surface area contributed by atoms with E-state index in [1.165, 1.54) is 24.5 Å². The molecule has 1 unspecified atom stereocenters. The van der Waals surface area contributed by atoms with E-state index in [1.807, 2.05) is 0 Å². The number of sulfonamides is 1. The lowest BCUT2D eigenvalue weighted by Gasteiger charge is -2.14. The van der Waals surface area contributed by atoms with Crippen molar-refractivity contribution in [2.24, 2.45) is 0 Å². The molecule has 8 heteroatoms. The van der Waals surface area contributed by atoms with E-state index >= 15 is 0 Å². The molecular formula is C12H11Cl2NO4S. The Bertz CT molecular complexity index is 665. The van der Waals surface area contributed by atoms with Gasteiger partial charge in [0.25, 0.3) is 0 Å². The van der Waals surface area contributed by atoms with Crippen molar-refractivity contribution in [1.29, 1.82) is 0 Å². The molecule has 0 aliphatic heterocycles. The third kappa shape index (κ3) is 3.53. The molecule has 5 nitrogen and oxygen atoms in total. The van der Waals surface area contributed by atoms with Crippen LogP contribution in [0.15, 0.2) is 45.9 Å². The minimum absolute atomic E-state index is 0.0833. The first kappa shape index (κ1) is 15.3. The number of halogens is 2. The fourth-order valence-electron chi connectivity index (χ4n) is 1.61. The molecule has 2 aromatic rings. The summed E-state index contributed by atoms with van der Waals surface area (Å²) in [5.41, 5.74) is 0. The van der Waals surface area contributed by atoms with E-state index in [1.54, 1.807) is 12.1 Å². The lowest BCUT2D eigenvalue weighted by Crippen LogP contribution is -2.30. The summed E-state index contributed by atoms with van der Waals surface area (Å²) in [6.45, 7) is -0.443. The quantitative estimate of drug-likeness (QED) is 0.880. The van der Waals surface area contributed by atoms with Gasteiger partial charge in [0.05, 0.1) is 17.8 Å². The predicted octanol–water partition coefficient (Wildman–Crippen LogP) is 2.60. The fourth-order valence-corrected chi connectivity index (χ4v) is 3.53. The van der Waals surface area contributed by atoms with Gasteiger partial charge in [-0.15, -0.1) is 0 Å². The van der Waals surface area contributed by atoms with Crippen molar-refractivity contribution in [3.63, 3.8) is 0 Å². The number of aliphatic hydroxyl groups is 1. The Kier molecular flexibility index (Phi) is 4.72. The Morgan fingerprint density at radius 3 is 2.40 bits per heavy atom. The predicted molar refractivity (Wildman–Crippen MR) is 75.3 cm³/mol. The Hall–Kier alpha value is -1.05. The second kappa shape index (κ2) is 6.15. The highest BCUT2D eigenvalue weighted by Gasteiger charge is 2.23. The first-order chi connectivity index (χ1) is 9.42. The fraction of sp³-hybridized carbons (Fsp3) is 0.167. The second-order valence-corrected chi connectivity index (χ2v) is 6.56. The molecule has 0 spiro atoms. The number of furan rings is 1. The highest BCUT2D eigenvalue weighted by molar-refractivity contribution is 7.89. The molecule has 108 valence electrons. The molecule has 0 aliphatic rings. The molecule has 0 saturated heterocycles. The first-order valence-electron chi connectivity index (χ1n) is 5.55. The van der Waals surface area contributed by atoms with E-state index in [0.717, 1.165) is 0 Å². The van der Waals surface area contributed by atoms with Gasteiger partial charge in [-0.1, -0.05) is 23.2 Å².